The van der Waals surface area contributed by atoms with Gasteiger partial charge in [0, 0.05) is 36.8 Å². The SMILES string of the molecule is CCc1cc(Cc2cc(C)c(O)c(Cc3cc(C)ccc3O)c2C)c(O)c(Cc2cc(C)c(O)c(Cc3cc(C)ccc3O)c2C)c1. The summed E-state index contributed by atoms with van der Waals surface area (Å²) in [5.74, 6) is 1.11. The van der Waals surface area contributed by atoms with Gasteiger partial charge >= 0.3 is 0 Å². The maximum Gasteiger partial charge on any atom is 0.122 e. The summed E-state index contributed by atoms with van der Waals surface area (Å²) in [5, 5.41) is 55.0. The first-order chi connectivity index (χ1) is 22.3. The first kappa shape index (κ1) is 33.5. The Balaban J connectivity index is 1.53. The van der Waals surface area contributed by atoms with E-state index >= 15 is 0 Å². The van der Waals surface area contributed by atoms with E-state index in [-0.39, 0.29) is 28.7 Å². The van der Waals surface area contributed by atoms with Crippen LogP contribution in [0.4, 0.5) is 0 Å². The van der Waals surface area contributed by atoms with Crippen molar-refractivity contribution in [3.05, 3.63) is 144 Å². The van der Waals surface area contributed by atoms with Crippen molar-refractivity contribution in [3.63, 3.8) is 0 Å². The lowest BCUT2D eigenvalue weighted by Crippen LogP contribution is -2.04. The first-order valence-corrected chi connectivity index (χ1v) is 16.3. The lowest BCUT2D eigenvalue weighted by molar-refractivity contribution is 0.458. The van der Waals surface area contributed by atoms with Crippen LogP contribution in [0.2, 0.25) is 0 Å². The summed E-state index contributed by atoms with van der Waals surface area (Å²) in [5.41, 5.74) is 13.3. The van der Waals surface area contributed by atoms with Crippen LogP contribution in [0.1, 0.15) is 90.4 Å². The average Bonchev–Trinajstić information content (AvgIpc) is 3.03. The van der Waals surface area contributed by atoms with Crippen molar-refractivity contribution in [2.24, 2.45) is 0 Å². The molecule has 0 aromatic heterocycles. The van der Waals surface area contributed by atoms with Gasteiger partial charge in [0.05, 0.1) is 0 Å². The molecule has 47 heavy (non-hydrogen) atoms. The highest BCUT2D eigenvalue weighted by Gasteiger charge is 2.20. The van der Waals surface area contributed by atoms with Crippen LogP contribution in [0.3, 0.4) is 0 Å². The van der Waals surface area contributed by atoms with E-state index < -0.39 is 0 Å². The third kappa shape index (κ3) is 6.95. The molecule has 0 amide bonds. The Hall–Kier alpha value is -4.90. The quantitative estimate of drug-likeness (QED) is 0.112. The van der Waals surface area contributed by atoms with Crippen molar-refractivity contribution in [2.75, 3.05) is 0 Å². The highest BCUT2D eigenvalue weighted by molar-refractivity contribution is 5.57. The largest absolute Gasteiger partial charge is 0.508 e. The van der Waals surface area contributed by atoms with Gasteiger partial charge in [0.25, 0.3) is 0 Å². The Morgan fingerprint density at radius 3 is 1.21 bits per heavy atom. The monoisotopic (exact) mass is 630 g/mol. The van der Waals surface area contributed by atoms with Crippen molar-refractivity contribution in [2.45, 2.75) is 80.6 Å². The summed E-state index contributed by atoms with van der Waals surface area (Å²) in [7, 11) is 0. The molecule has 0 saturated heterocycles. The predicted molar refractivity (Wildman–Crippen MR) is 190 cm³/mol. The van der Waals surface area contributed by atoms with Gasteiger partial charge in [0.1, 0.15) is 28.7 Å². The number of aromatic hydroxyl groups is 5. The van der Waals surface area contributed by atoms with Crippen LogP contribution in [-0.4, -0.2) is 25.5 Å². The number of hydrogen-bond donors (Lipinski definition) is 5. The Morgan fingerprint density at radius 1 is 0.426 bits per heavy atom. The van der Waals surface area contributed by atoms with Gasteiger partial charge in [-0.25, -0.2) is 0 Å². The smallest absolute Gasteiger partial charge is 0.122 e. The van der Waals surface area contributed by atoms with Gasteiger partial charge in [0.15, 0.2) is 0 Å². The molecule has 244 valence electrons. The van der Waals surface area contributed by atoms with E-state index in [0.717, 1.165) is 89.9 Å². The zero-order chi connectivity index (χ0) is 34.2. The molecule has 0 atom stereocenters. The van der Waals surface area contributed by atoms with Crippen molar-refractivity contribution >= 4 is 0 Å². The van der Waals surface area contributed by atoms with Gasteiger partial charge in [-0.05, 0) is 121 Å². The Labute approximate surface area is 278 Å². The van der Waals surface area contributed by atoms with Crippen molar-refractivity contribution < 1.29 is 25.5 Å². The van der Waals surface area contributed by atoms with Crippen molar-refractivity contribution in [3.8, 4) is 28.7 Å². The molecule has 0 unspecified atom stereocenters. The van der Waals surface area contributed by atoms with Gasteiger partial charge in [0.2, 0.25) is 0 Å². The number of aryl methyl sites for hydroxylation is 5. The highest BCUT2D eigenvalue weighted by Crippen LogP contribution is 2.38. The fraction of sp³-hybridized carbons (Fsp3) is 0.286. The van der Waals surface area contributed by atoms with E-state index in [2.05, 4.69) is 19.1 Å². The number of rotatable bonds is 9. The standard InChI is InChI=1S/C42H46O5/c1-8-29-17-34(19-30-15-25(4)40(45)36(27(30)6)21-32-13-23(2)9-11-38(32)43)42(47)35(18-29)20-31-16-26(5)41(46)37(28(31)7)22-33-14-24(3)10-12-39(33)44/h9-18,43-47H,8,19-22H2,1-7H3. The van der Waals surface area contributed by atoms with E-state index in [1.807, 2.05) is 77.9 Å². The molecule has 5 N–H and O–H groups in total. The number of benzene rings is 5. The third-order valence-corrected chi connectivity index (χ3v) is 9.67. The molecule has 0 fully saturated rings. The molecule has 0 aliphatic carbocycles. The van der Waals surface area contributed by atoms with E-state index in [1.54, 1.807) is 12.1 Å². The number of phenolic OH excluding ortho intramolecular Hbond substituents is 5. The second-order valence-electron chi connectivity index (χ2n) is 13.2. The van der Waals surface area contributed by atoms with Crippen LogP contribution in [0.5, 0.6) is 28.7 Å². The molecule has 0 saturated carbocycles. The predicted octanol–water partition coefficient (Wildman–Crippen LogP) is 8.99. The molecule has 0 radical (unpaired) electrons. The summed E-state index contributed by atoms with van der Waals surface area (Å²) >= 11 is 0. The highest BCUT2D eigenvalue weighted by atomic mass is 16.3. The van der Waals surface area contributed by atoms with Crippen LogP contribution in [0.25, 0.3) is 0 Å². The molecule has 5 rings (SSSR count). The van der Waals surface area contributed by atoms with Gasteiger partial charge in [-0.15, -0.1) is 0 Å². The molecule has 0 heterocycles. The molecule has 0 aliphatic rings. The van der Waals surface area contributed by atoms with E-state index in [0.29, 0.717) is 25.7 Å². The van der Waals surface area contributed by atoms with Crippen LogP contribution >= 0.6 is 0 Å². The number of hydrogen-bond acceptors (Lipinski definition) is 5. The summed E-state index contributed by atoms with van der Waals surface area (Å²) in [4.78, 5) is 0. The van der Waals surface area contributed by atoms with Crippen molar-refractivity contribution in [1.29, 1.82) is 0 Å². The van der Waals surface area contributed by atoms with Crippen LogP contribution in [0.15, 0.2) is 60.7 Å². The number of phenols is 5. The lowest BCUT2D eigenvalue weighted by Gasteiger charge is -2.20. The van der Waals surface area contributed by atoms with E-state index in [9.17, 15) is 25.5 Å². The van der Waals surface area contributed by atoms with Crippen LogP contribution < -0.4 is 0 Å². The first-order valence-electron chi connectivity index (χ1n) is 16.3. The summed E-state index contributed by atoms with van der Waals surface area (Å²) < 4.78 is 0. The molecule has 5 aromatic carbocycles. The Bertz CT molecular complexity index is 1850. The molecular weight excluding hydrogens is 584 g/mol. The molecule has 5 heteroatoms. The Kier molecular flexibility index (Phi) is 9.58. The second kappa shape index (κ2) is 13.4. The molecule has 5 nitrogen and oxygen atoms in total. The average molecular weight is 631 g/mol. The molecule has 0 bridgehead atoms. The van der Waals surface area contributed by atoms with Crippen LogP contribution in [0, 0.1) is 41.5 Å². The van der Waals surface area contributed by atoms with E-state index in [4.69, 9.17) is 0 Å². The molecule has 0 spiro atoms. The Morgan fingerprint density at radius 2 is 0.830 bits per heavy atom. The van der Waals surface area contributed by atoms with Gasteiger partial charge in [-0.1, -0.05) is 66.6 Å². The maximum atomic E-state index is 11.7. The second-order valence-corrected chi connectivity index (χ2v) is 13.2. The van der Waals surface area contributed by atoms with Gasteiger partial charge in [-0.2, -0.15) is 0 Å². The summed E-state index contributed by atoms with van der Waals surface area (Å²) in [6, 6.07) is 19.1. The van der Waals surface area contributed by atoms with Crippen LogP contribution in [-0.2, 0) is 32.1 Å². The molecular formula is C42H46O5. The van der Waals surface area contributed by atoms with Gasteiger partial charge < -0.3 is 25.5 Å². The summed E-state index contributed by atoms with van der Waals surface area (Å²) in [6.45, 7) is 13.8. The fourth-order valence-corrected chi connectivity index (χ4v) is 6.70. The normalized spacial score (nSPS) is 11.3. The minimum atomic E-state index is 0.203. The van der Waals surface area contributed by atoms with Gasteiger partial charge in [-0.3, -0.25) is 0 Å². The minimum absolute atomic E-state index is 0.203. The van der Waals surface area contributed by atoms with E-state index in [1.165, 1.54) is 0 Å². The lowest BCUT2D eigenvalue weighted by atomic mass is 9.87. The van der Waals surface area contributed by atoms with Crippen molar-refractivity contribution in [1.82, 2.24) is 0 Å². The topological polar surface area (TPSA) is 101 Å². The summed E-state index contributed by atoms with van der Waals surface area (Å²) in [6.07, 6.45) is 2.56. The zero-order valence-electron chi connectivity index (χ0n) is 28.5. The fourth-order valence-electron chi connectivity index (χ4n) is 6.70. The maximum absolute atomic E-state index is 11.7. The molecule has 5 aromatic rings. The molecule has 0 aliphatic heterocycles. The zero-order valence-corrected chi connectivity index (χ0v) is 28.5. The third-order valence-electron chi connectivity index (χ3n) is 9.67. The minimum Gasteiger partial charge on any atom is -0.508 e.